The topological polar surface area (TPSA) is 73.3 Å². The lowest BCUT2D eigenvalue weighted by molar-refractivity contribution is 0.102. The predicted octanol–water partition coefficient (Wildman–Crippen LogP) is 3.54. The number of pyridine rings is 2. The van der Waals surface area contributed by atoms with E-state index in [1.54, 1.807) is 30.6 Å². The largest absolute Gasteiger partial charge is 0.477 e. The maximum atomic E-state index is 12.3. The van der Waals surface area contributed by atoms with Gasteiger partial charge in [-0.05, 0) is 47.7 Å². The Balaban J connectivity index is 1.50. The number of aromatic nitrogens is 2. The second-order valence-corrected chi connectivity index (χ2v) is 6.81. The van der Waals surface area contributed by atoms with E-state index in [1.807, 2.05) is 24.3 Å². The van der Waals surface area contributed by atoms with Gasteiger partial charge in [0.05, 0.1) is 13.2 Å². The standard InChI is InChI=1S/C21H21N3O3/c1-14-11-26-12-16(14)13-27-21-18-6-5-17(10-15(18)7-9-23-21)24-20(25)19-4-2-3-8-22-19/h2-10,14,16H,11-13H2,1H3,(H,24,25). The van der Waals surface area contributed by atoms with Gasteiger partial charge in [0.15, 0.2) is 0 Å². The van der Waals surface area contributed by atoms with E-state index in [0.29, 0.717) is 35.7 Å². The molecule has 1 aliphatic heterocycles. The molecular weight excluding hydrogens is 342 g/mol. The zero-order valence-electron chi connectivity index (χ0n) is 15.1. The van der Waals surface area contributed by atoms with Gasteiger partial charge in [-0.25, -0.2) is 4.98 Å². The molecule has 2 unspecified atom stereocenters. The van der Waals surface area contributed by atoms with Gasteiger partial charge in [0.25, 0.3) is 5.91 Å². The lowest BCUT2D eigenvalue weighted by Gasteiger charge is -2.15. The molecule has 0 bridgehead atoms. The SMILES string of the molecule is CC1COCC1COc1nccc2cc(NC(=O)c3ccccn3)ccc12. The molecule has 1 aliphatic rings. The van der Waals surface area contributed by atoms with Crippen LogP contribution in [0.4, 0.5) is 5.69 Å². The number of carbonyl (C=O) groups is 1. The number of benzene rings is 1. The van der Waals surface area contributed by atoms with Crippen molar-refractivity contribution < 1.29 is 14.3 Å². The third-order valence-electron chi connectivity index (χ3n) is 4.83. The zero-order chi connectivity index (χ0) is 18.6. The Morgan fingerprint density at radius 2 is 2.11 bits per heavy atom. The molecule has 2 aromatic heterocycles. The van der Waals surface area contributed by atoms with Gasteiger partial charge in [-0.1, -0.05) is 13.0 Å². The number of rotatable bonds is 5. The number of nitrogens with one attached hydrogen (secondary N) is 1. The average Bonchev–Trinajstić information content (AvgIpc) is 3.11. The highest BCUT2D eigenvalue weighted by Gasteiger charge is 2.25. The first kappa shape index (κ1) is 17.4. The van der Waals surface area contributed by atoms with Crippen molar-refractivity contribution in [3.63, 3.8) is 0 Å². The second kappa shape index (κ2) is 7.72. The van der Waals surface area contributed by atoms with Gasteiger partial charge in [0.1, 0.15) is 5.69 Å². The predicted molar refractivity (Wildman–Crippen MR) is 103 cm³/mol. The van der Waals surface area contributed by atoms with Gasteiger partial charge < -0.3 is 14.8 Å². The summed E-state index contributed by atoms with van der Waals surface area (Å²) in [5, 5.41) is 4.74. The van der Waals surface area contributed by atoms with E-state index in [2.05, 4.69) is 22.2 Å². The van der Waals surface area contributed by atoms with Crippen LogP contribution in [0.25, 0.3) is 10.8 Å². The Morgan fingerprint density at radius 1 is 1.19 bits per heavy atom. The van der Waals surface area contributed by atoms with Crippen LogP contribution in [-0.4, -0.2) is 35.7 Å². The summed E-state index contributed by atoms with van der Waals surface area (Å²) in [5.41, 5.74) is 1.08. The molecule has 0 aliphatic carbocycles. The van der Waals surface area contributed by atoms with E-state index < -0.39 is 0 Å². The molecule has 0 spiro atoms. The van der Waals surface area contributed by atoms with E-state index in [1.165, 1.54) is 0 Å². The van der Waals surface area contributed by atoms with Crippen molar-refractivity contribution in [2.24, 2.45) is 11.8 Å². The first-order chi connectivity index (χ1) is 13.2. The number of hydrogen-bond donors (Lipinski definition) is 1. The first-order valence-corrected chi connectivity index (χ1v) is 9.02. The third-order valence-corrected chi connectivity index (χ3v) is 4.83. The Kier molecular flexibility index (Phi) is 4.98. The van der Waals surface area contributed by atoms with Gasteiger partial charge >= 0.3 is 0 Å². The monoisotopic (exact) mass is 363 g/mol. The summed E-state index contributed by atoms with van der Waals surface area (Å²) in [6, 6.07) is 12.8. The fraction of sp³-hybridized carbons (Fsp3) is 0.286. The molecule has 6 nitrogen and oxygen atoms in total. The van der Waals surface area contributed by atoms with E-state index in [-0.39, 0.29) is 5.91 Å². The number of carbonyl (C=O) groups excluding carboxylic acids is 1. The van der Waals surface area contributed by atoms with Gasteiger partial charge in [0.2, 0.25) is 5.88 Å². The van der Waals surface area contributed by atoms with Crippen LogP contribution in [-0.2, 0) is 4.74 Å². The van der Waals surface area contributed by atoms with E-state index in [4.69, 9.17) is 9.47 Å². The van der Waals surface area contributed by atoms with E-state index in [9.17, 15) is 4.79 Å². The number of ether oxygens (including phenoxy) is 2. The molecule has 138 valence electrons. The lowest BCUT2D eigenvalue weighted by atomic mass is 9.99. The first-order valence-electron chi connectivity index (χ1n) is 9.02. The van der Waals surface area contributed by atoms with Crippen molar-refractivity contribution in [3.8, 4) is 5.88 Å². The average molecular weight is 363 g/mol. The van der Waals surface area contributed by atoms with Crippen LogP contribution in [0.2, 0.25) is 0 Å². The zero-order valence-corrected chi connectivity index (χ0v) is 15.1. The van der Waals surface area contributed by atoms with Gasteiger partial charge in [-0.2, -0.15) is 0 Å². The second-order valence-electron chi connectivity index (χ2n) is 6.81. The molecule has 2 atom stereocenters. The summed E-state index contributed by atoms with van der Waals surface area (Å²) < 4.78 is 11.5. The highest BCUT2D eigenvalue weighted by Crippen LogP contribution is 2.28. The van der Waals surface area contributed by atoms with Crippen LogP contribution in [0, 0.1) is 11.8 Å². The summed E-state index contributed by atoms with van der Waals surface area (Å²) in [7, 11) is 0. The number of fused-ring (bicyclic) bond motifs is 1. The molecule has 1 fully saturated rings. The lowest BCUT2D eigenvalue weighted by Crippen LogP contribution is -2.18. The minimum atomic E-state index is -0.240. The van der Waals surface area contributed by atoms with E-state index >= 15 is 0 Å². The van der Waals surface area contributed by atoms with Crippen LogP contribution < -0.4 is 10.1 Å². The van der Waals surface area contributed by atoms with Crippen molar-refractivity contribution in [1.29, 1.82) is 0 Å². The number of hydrogen-bond acceptors (Lipinski definition) is 5. The fourth-order valence-corrected chi connectivity index (χ4v) is 3.14. The Hall–Kier alpha value is -2.99. The molecule has 1 aromatic carbocycles. The molecule has 1 N–H and O–H groups in total. The summed E-state index contributed by atoms with van der Waals surface area (Å²) in [6.07, 6.45) is 3.32. The maximum Gasteiger partial charge on any atom is 0.274 e. The molecule has 1 amide bonds. The molecule has 1 saturated heterocycles. The Morgan fingerprint density at radius 3 is 2.89 bits per heavy atom. The number of amides is 1. The summed E-state index contributed by atoms with van der Waals surface area (Å²) in [6.45, 7) is 4.28. The molecular formula is C21H21N3O3. The van der Waals surface area contributed by atoms with E-state index in [0.717, 1.165) is 24.0 Å². The molecule has 27 heavy (non-hydrogen) atoms. The van der Waals surface area contributed by atoms with Gasteiger partial charge in [0, 0.05) is 36.0 Å². The maximum absolute atomic E-state index is 12.3. The number of nitrogens with zero attached hydrogens (tertiary/aromatic N) is 2. The van der Waals surface area contributed by atoms with Crippen molar-refractivity contribution in [2.45, 2.75) is 6.92 Å². The normalized spacial score (nSPS) is 19.1. The minimum Gasteiger partial charge on any atom is -0.477 e. The molecule has 3 heterocycles. The van der Waals surface area contributed by atoms with Crippen molar-refractivity contribution in [2.75, 3.05) is 25.1 Å². The highest BCUT2D eigenvalue weighted by molar-refractivity contribution is 6.04. The van der Waals surface area contributed by atoms with Crippen LogP contribution in [0.3, 0.4) is 0 Å². The molecule has 0 radical (unpaired) electrons. The number of anilines is 1. The molecule has 4 rings (SSSR count). The van der Waals surface area contributed by atoms with Crippen LogP contribution >= 0.6 is 0 Å². The smallest absolute Gasteiger partial charge is 0.274 e. The van der Waals surface area contributed by atoms with Gasteiger partial charge in [-0.3, -0.25) is 9.78 Å². The fourth-order valence-electron chi connectivity index (χ4n) is 3.14. The van der Waals surface area contributed by atoms with Crippen LogP contribution in [0.1, 0.15) is 17.4 Å². The summed E-state index contributed by atoms with van der Waals surface area (Å²) >= 11 is 0. The van der Waals surface area contributed by atoms with Gasteiger partial charge in [-0.15, -0.1) is 0 Å². The Bertz CT molecular complexity index is 946. The highest BCUT2D eigenvalue weighted by atomic mass is 16.5. The molecule has 0 saturated carbocycles. The summed E-state index contributed by atoms with van der Waals surface area (Å²) in [4.78, 5) is 20.7. The van der Waals surface area contributed by atoms with Crippen LogP contribution in [0.5, 0.6) is 5.88 Å². The quantitative estimate of drug-likeness (QED) is 0.750. The minimum absolute atomic E-state index is 0.240. The van der Waals surface area contributed by atoms with Crippen molar-refractivity contribution in [1.82, 2.24) is 9.97 Å². The van der Waals surface area contributed by atoms with Crippen molar-refractivity contribution in [3.05, 3.63) is 60.6 Å². The third kappa shape index (κ3) is 3.90. The van der Waals surface area contributed by atoms with Crippen LogP contribution in [0.15, 0.2) is 54.9 Å². The molecule has 6 heteroatoms. The Labute approximate surface area is 157 Å². The summed E-state index contributed by atoms with van der Waals surface area (Å²) in [5.74, 6) is 1.25. The molecule has 3 aromatic rings. The van der Waals surface area contributed by atoms with Crippen molar-refractivity contribution >= 4 is 22.4 Å².